The van der Waals surface area contributed by atoms with Crippen LogP contribution in [0, 0.1) is 19.7 Å². The highest BCUT2D eigenvalue weighted by Gasteiger charge is 2.01. The molecule has 0 aliphatic rings. The van der Waals surface area contributed by atoms with Crippen LogP contribution in [0.2, 0.25) is 0 Å². The summed E-state index contributed by atoms with van der Waals surface area (Å²) in [5.41, 5.74) is 4.34. The van der Waals surface area contributed by atoms with E-state index < -0.39 is 0 Å². The number of halogens is 2. The average Bonchev–Trinajstić information content (AvgIpc) is 2.32. The van der Waals surface area contributed by atoms with Crippen LogP contribution in [0.5, 0.6) is 0 Å². The lowest BCUT2D eigenvalue weighted by molar-refractivity contribution is 0.625. The van der Waals surface area contributed by atoms with Crippen molar-refractivity contribution in [3.05, 3.63) is 63.4 Å². The van der Waals surface area contributed by atoms with Crippen LogP contribution >= 0.6 is 15.9 Å². The Morgan fingerprint density at radius 2 is 1.83 bits per heavy atom. The van der Waals surface area contributed by atoms with Crippen molar-refractivity contribution in [2.75, 3.05) is 5.32 Å². The van der Waals surface area contributed by atoms with Gasteiger partial charge in [0.05, 0.1) is 0 Å². The Hall–Kier alpha value is -1.35. The highest BCUT2D eigenvalue weighted by molar-refractivity contribution is 9.10. The van der Waals surface area contributed by atoms with Crippen LogP contribution in [0.1, 0.15) is 16.7 Å². The van der Waals surface area contributed by atoms with Gasteiger partial charge in [-0.15, -0.1) is 0 Å². The van der Waals surface area contributed by atoms with E-state index in [-0.39, 0.29) is 5.82 Å². The summed E-state index contributed by atoms with van der Waals surface area (Å²) >= 11 is 3.48. The smallest absolute Gasteiger partial charge is 0.123 e. The fourth-order valence-electron chi connectivity index (χ4n) is 1.81. The zero-order valence-electron chi connectivity index (χ0n) is 10.4. The van der Waals surface area contributed by atoms with E-state index in [1.54, 1.807) is 6.07 Å². The maximum atomic E-state index is 13.0. The first-order valence-corrected chi connectivity index (χ1v) is 6.60. The van der Waals surface area contributed by atoms with Gasteiger partial charge in [-0.1, -0.05) is 22.0 Å². The van der Waals surface area contributed by atoms with E-state index in [1.165, 1.54) is 11.6 Å². The Bertz CT molecular complexity index is 566. The predicted molar refractivity (Wildman–Crippen MR) is 77.3 cm³/mol. The van der Waals surface area contributed by atoms with Gasteiger partial charge in [0, 0.05) is 16.7 Å². The van der Waals surface area contributed by atoms with E-state index in [0.717, 1.165) is 21.3 Å². The van der Waals surface area contributed by atoms with Gasteiger partial charge in [0.15, 0.2) is 0 Å². The molecule has 0 heterocycles. The van der Waals surface area contributed by atoms with Gasteiger partial charge in [-0.25, -0.2) is 4.39 Å². The second-order valence-corrected chi connectivity index (χ2v) is 5.24. The summed E-state index contributed by atoms with van der Waals surface area (Å²) in [5.74, 6) is -0.185. The zero-order valence-corrected chi connectivity index (χ0v) is 12.0. The summed E-state index contributed by atoms with van der Waals surface area (Å²) < 4.78 is 14.1. The highest BCUT2D eigenvalue weighted by Crippen LogP contribution is 2.21. The van der Waals surface area contributed by atoms with Crippen molar-refractivity contribution in [3.63, 3.8) is 0 Å². The monoisotopic (exact) mass is 307 g/mol. The maximum absolute atomic E-state index is 13.0. The van der Waals surface area contributed by atoms with Crippen molar-refractivity contribution in [2.24, 2.45) is 0 Å². The molecule has 2 rings (SSSR count). The number of rotatable bonds is 3. The topological polar surface area (TPSA) is 12.0 Å². The quantitative estimate of drug-likeness (QED) is 0.857. The summed E-state index contributed by atoms with van der Waals surface area (Å²) in [6.45, 7) is 4.68. The van der Waals surface area contributed by atoms with E-state index in [0.29, 0.717) is 6.54 Å². The lowest BCUT2D eigenvalue weighted by Crippen LogP contribution is -2.01. The fourth-order valence-corrected chi connectivity index (χ4v) is 2.06. The molecule has 0 bridgehead atoms. The minimum atomic E-state index is -0.185. The van der Waals surface area contributed by atoms with Gasteiger partial charge < -0.3 is 5.32 Å². The third kappa shape index (κ3) is 3.10. The van der Waals surface area contributed by atoms with Crippen molar-refractivity contribution < 1.29 is 4.39 Å². The number of benzene rings is 2. The van der Waals surface area contributed by atoms with Gasteiger partial charge >= 0.3 is 0 Å². The SMILES string of the molecule is Cc1cc(NCc2ccc(F)cc2C)ccc1Br. The third-order valence-electron chi connectivity index (χ3n) is 2.95. The van der Waals surface area contributed by atoms with E-state index in [2.05, 4.69) is 34.2 Å². The molecule has 0 aliphatic carbocycles. The largest absolute Gasteiger partial charge is 0.381 e. The van der Waals surface area contributed by atoms with Crippen LogP contribution in [0.4, 0.5) is 10.1 Å². The normalized spacial score (nSPS) is 10.4. The van der Waals surface area contributed by atoms with Crippen LogP contribution in [-0.4, -0.2) is 0 Å². The molecule has 2 aromatic carbocycles. The predicted octanol–water partition coefficient (Wildman–Crippen LogP) is 4.82. The molecular weight excluding hydrogens is 293 g/mol. The summed E-state index contributed by atoms with van der Waals surface area (Å²) in [7, 11) is 0. The van der Waals surface area contributed by atoms with E-state index in [4.69, 9.17) is 0 Å². The molecule has 2 aromatic rings. The lowest BCUT2D eigenvalue weighted by Gasteiger charge is -2.10. The molecule has 0 atom stereocenters. The molecule has 0 radical (unpaired) electrons. The highest BCUT2D eigenvalue weighted by atomic mass is 79.9. The number of hydrogen-bond acceptors (Lipinski definition) is 1. The maximum Gasteiger partial charge on any atom is 0.123 e. The van der Waals surface area contributed by atoms with Crippen LogP contribution < -0.4 is 5.32 Å². The summed E-state index contributed by atoms with van der Waals surface area (Å²) in [6, 6.07) is 11.0. The fraction of sp³-hybridized carbons (Fsp3) is 0.200. The van der Waals surface area contributed by atoms with Crippen molar-refractivity contribution in [2.45, 2.75) is 20.4 Å². The van der Waals surface area contributed by atoms with Gasteiger partial charge in [0.25, 0.3) is 0 Å². The number of nitrogens with one attached hydrogen (secondary N) is 1. The number of anilines is 1. The molecule has 0 spiro atoms. The molecule has 0 aromatic heterocycles. The van der Waals surface area contributed by atoms with Gasteiger partial charge in [-0.2, -0.15) is 0 Å². The molecule has 0 saturated heterocycles. The van der Waals surface area contributed by atoms with Crippen molar-refractivity contribution in [3.8, 4) is 0 Å². The molecule has 1 nitrogen and oxygen atoms in total. The lowest BCUT2D eigenvalue weighted by atomic mass is 10.1. The molecule has 0 saturated carbocycles. The molecule has 1 N–H and O–H groups in total. The van der Waals surface area contributed by atoms with Gasteiger partial charge in [-0.05, 0) is 60.9 Å². The molecule has 0 fully saturated rings. The van der Waals surface area contributed by atoms with Crippen molar-refractivity contribution in [1.29, 1.82) is 0 Å². The van der Waals surface area contributed by atoms with Crippen LogP contribution in [0.25, 0.3) is 0 Å². The number of aryl methyl sites for hydroxylation is 2. The Kier molecular flexibility index (Phi) is 4.02. The first-order chi connectivity index (χ1) is 8.56. The van der Waals surface area contributed by atoms with E-state index >= 15 is 0 Å². The van der Waals surface area contributed by atoms with E-state index in [1.807, 2.05) is 25.1 Å². The molecule has 0 unspecified atom stereocenters. The minimum absolute atomic E-state index is 0.185. The van der Waals surface area contributed by atoms with Gasteiger partial charge in [0.2, 0.25) is 0 Å². The summed E-state index contributed by atoms with van der Waals surface area (Å²) in [4.78, 5) is 0. The molecule has 0 aliphatic heterocycles. The summed E-state index contributed by atoms with van der Waals surface area (Å²) in [5, 5.41) is 3.35. The van der Waals surface area contributed by atoms with Crippen molar-refractivity contribution >= 4 is 21.6 Å². The Morgan fingerprint density at radius 3 is 2.50 bits per heavy atom. The molecule has 0 amide bonds. The molecule has 3 heteroatoms. The van der Waals surface area contributed by atoms with Crippen LogP contribution in [-0.2, 0) is 6.54 Å². The molecule has 94 valence electrons. The third-order valence-corrected chi connectivity index (χ3v) is 3.84. The van der Waals surface area contributed by atoms with Crippen molar-refractivity contribution in [1.82, 2.24) is 0 Å². The average molecular weight is 308 g/mol. The standard InChI is InChI=1S/C15H15BrFN/c1-10-7-13(17)4-3-12(10)9-18-14-5-6-15(16)11(2)8-14/h3-8,18H,9H2,1-2H3. The molecular formula is C15H15BrFN. The zero-order chi connectivity index (χ0) is 13.1. The Labute approximate surface area is 115 Å². The second kappa shape index (κ2) is 5.53. The van der Waals surface area contributed by atoms with Gasteiger partial charge in [-0.3, -0.25) is 0 Å². The molecule has 18 heavy (non-hydrogen) atoms. The first kappa shape index (κ1) is 13.1. The Morgan fingerprint density at radius 1 is 1.06 bits per heavy atom. The van der Waals surface area contributed by atoms with Crippen LogP contribution in [0.15, 0.2) is 40.9 Å². The first-order valence-electron chi connectivity index (χ1n) is 5.81. The van der Waals surface area contributed by atoms with E-state index in [9.17, 15) is 4.39 Å². The van der Waals surface area contributed by atoms with Crippen LogP contribution in [0.3, 0.4) is 0 Å². The summed E-state index contributed by atoms with van der Waals surface area (Å²) in [6.07, 6.45) is 0. The van der Waals surface area contributed by atoms with Gasteiger partial charge in [0.1, 0.15) is 5.82 Å². The Balaban J connectivity index is 2.09. The minimum Gasteiger partial charge on any atom is -0.381 e. The number of hydrogen-bond donors (Lipinski definition) is 1. The second-order valence-electron chi connectivity index (χ2n) is 4.39.